The first kappa shape index (κ1) is 46.1. The zero-order valence-corrected chi connectivity index (χ0v) is 23.6. The lowest BCUT2D eigenvalue weighted by Crippen LogP contribution is -2.30. The summed E-state index contributed by atoms with van der Waals surface area (Å²) >= 11 is 0. The van der Waals surface area contributed by atoms with Crippen LogP contribution in [0.4, 0.5) is 0 Å². The van der Waals surface area contributed by atoms with Gasteiger partial charge in [-0.3, -0.25) is 0 Å². The standard InChI is InChI=1S/C20H40N6.6ClH/c21-8-2-10-25-12-6-19(23)15-17-4-1-5-18(14-17)16-20(24)7-13-26-11-3-9-22;;;;;;/h1,4-5,14,19-20,25-26H,2-3,6-13,15-16,21-24H2;6*1H. The Hall–Kier alpha value is 0.720. The molecule has 2 unspecified atom stereocenters. The fraction of sp³-hybridized carbons (Fsp3) is 0.700. The smallest absolute Gasteiger partial charge is 0.00914 e. The molecule has 0 radical (unpaired) electrons. The van der Waals surface area contributed by atoms with Gasteiger partial charge in [0, 0.05) is 12.1 Å². The highest BCUT2D eigenvalue weighted by Gasteiger charge is 2.07. The van der Waals surface area contributed by atoms with Crippen LogP contribution in [-0.2, 0) is 12.8 Å². The van der Waals surface area contributed by atoms with Crippen molar-refractivity contribution in [2.45, 2.75) is 50.6 Å². The molecule has 0 amide bonds. The molecule has 0 saturated carbocycles. The minimum Gasteiger partial charge on any atom is -0.330 e. The van der Waals surface area contributed by atoms with Gasteiger partial charge in [0.15, 0.2) is 0 Å². The van der Waals surface area contributed by atoms with E-state index in [2.05, 4.69) is 34.9 Å². The Balaban J connectivity index is -0.000000282. The Labute approximate surface area is 232 Å². The maximum absolute atomic E-state index is 6.27. The number of benzene rings is 1. The third-order valence-electron chi connectivity index (χ3n) is 4.49. The van der Waals surface area contributed by atoms with Gasteiger partial charge < -0.3 is 33.6 Å². The van der Waals surface area contributed by atoms with Crippen molar-refractivity contribution in [2.24, 2.45) is 22.9 Å². The molecule has 6 nitrogen and oxygen atoms in total. The molecule has 1 aromatic rings. The topological polar surface area (TPSA) is 128 Å². The average molecular weight is 583 g/mol. The molecule has 32 heavy (non-hydrogen) atoms. The van der Waals surface area contributed by atoms with Gasteiger partial charge in [-0.15, -0.1) is 74.4 Å². The fourth-order valence-electron chi connectivity index (χ4n) is 2.97. The lowest BCUT2D eigenvalue weighted by atomic mass is 9.98. The van der Waals surface area contributed by atoms with Crippen LogP contribution in [0.2, 0.25) is 0 Å². The van der Waals surface area contributed by atoms with E-state index in [1.807, 2.05) is 0 Å². The van der Waals surface area contributed by atoms with E-state index in [0.717, 1.165) is 77.8 Å². The van der Waals surface area contributed by atoms with Crippen LogP contribution in [0.15, 0.2) is 24.3 Å². The predicted octanol–water partition coefficient (Wildman–Crippen LogP) is 2.61. The number of hydrogen-bond donors (Lipinski definition) is 6. The summed E-state index contributed by atoms with van der Waals surface area (Å²) in [6, 6.07) is 9.04. The zero-order valence-electron chi connectivity index (χ0n) is 18.7. The van der Waals surface area contributed by atoms with E-state index in [9.17, 15) is 0 Å². The molecule has 198 valence electrons. The minimum absolute atomic E-state index is 0. The fourth-order valence-corrected chi connectivity index (χ4v) is 2.97. The average Bonchev–Trinajstić information content (AvgIpc) is 2.61. The summed E-state index contributed by atoms with van der Waals surface area (Å²) in [6.07, 6.45) is 5.79. The van der Waals surface area contributed by atoms with Gasteiger partial charge in [-0.1, -0.05) is 24.3 Å². The molecule has 0 bridgehead atoms. The molecule has 0 heterocycles. The van der Waals surface area contributed by atoms with Crippen molar-refractivity contribution in [3.8, 4) is 0 Å². The highest BCUT2D eigenvalue weighted by molar-refractivity contribution is 5.86. The summed E-state index contributed by atoms with van der Waals surface area (Å²) in [5.41, 5.74) is 26.1. The maximum Gasteiger partial charge on any atom is 0.00914 e. The first-order chi connectivity index (χ1) is 12.7. The zero-order chi connectivity index (χ0) is 19.0. The van der Waals surface area contributed by atoms with Crippen LogP contribution in [0.3, 0.4) is 0 Å². The van der Waals surface area contributed by atoms with Crippen LogP contribution < -0.4 is 33.6 Å². The Morgan fingerprint density at radius 2 is 1.00 bits per heavy atom. The lowest BCUT2D eigenvalue weighted by molar-refractivity contribution is 0.549. The SMILES string of the molecule is Cl.Cl.Cl.Cl.Cl.Cl.NCCCNCCC(N)Cc1cccc(CC(N)CCNCCCN)c1. The van der Waals surface area contributed by atoms with Gasteiger partial charge in [0.2, 0.25) is 0 Å². The van der Waals surface area contributed by atoms with E-state index in [1.165, 1.54) is 11.1 Å². The number of hydrogen-bond acceptors (Lipinski definition) is 6. The molecule has 2 atom stereocenters. The third kappa shape index (κ3) is 25.3. The summed E-state index contributed by atoms with van der Waals surface area (Å²) in [7, 11) is 0. The van der Waals surface area contributed by atoms with Crippen LogP contribution in [0.5, 0.6) is 0 Å². The number of halogens is 6. The molecule has 1 aromatic carbocycles. The summed E-state index contributed by atoms with van der Waals surface area (Å²) in [5.74, 6) is 0. The van der Waals surface area contributed by atoms with E-state index in [1.54, 1.807) is 0 Å². The van der Waals surface area contributed by atoms with Crippen LogP contribution in [0.25, 0.3) is 0 Å². The minimum atomic E-state index is 0. The van der Waals surface area contributed by atoms with Gasteiger partial charge in [0.05, 0.1) is 0 Å². The Kier molecular flexibility index (Phi) is 45.7. The molecular formula is C20H46Cl6N6. The van der Waals surface area contributed by atoms with Gasteiger partial charge in [-0.2, -0.15) is 0 Å². The van der Waals surface area contributed by atoms with Gasteiger partial charge in [-0.25, -0.2) is 0 Å². The van der Waals surface area contributed by atoms with Gasteiger partial charge in [0.1, 0.15) is 0 Å². The van der Waals surface area contributed by atoms with E-state index in [-0.39, 0.29) is 86.5 Å². The molecule has 12 heteroatoms. The summed E-state index contributed by atoms with van der Waals surface area (Å²) in [4.78, 5) is 0. The lowest BCUT2D eigenvalue weighted by Gasteiger charge is -2.15. The number of rotatable bonds is 16. The molecule has 0 aromatic heterocycles. The normalized spacial score (nSPS) is 11.1. The van der Waals surface area contributed by atoms with Crippen LogP contribution in [0.1, 0.15) is 36.8 Å². The maximum atomic E-state index is 6.27. The van der Waals surface area contributed by atoms with Gasteiger partial charge in [0.25, 0.3) is 0 Å². The van der Waals surface area contributed by atoms with Crippen LogP contribution >= 0.6 is 74.4 Å². The summed E-state index contributed by atoms with van der Waals surface area (Å²) in [5, 5.41) is 6.77. The highest BCUT2D eigenvalue weighted by Crippen LogP contribution is 2.11. The Morgan fingerprint density at radius 1 is 0.625 bits per heavy atom. The van der Waals surface area contributed by atoms with Crippen molar-refractivity contribution in [3.63, 3.8) is 0 Å². The van der Waals surface area contributed by atoms with Crippen molar-refractivity contribution >= 4 is 74.4 Å². The number of nitrogens with one attached hydrogen (secondary N) is 2. The second-order valence-electron chi connectivity index (χ2n) is 7.11. The second-order valence-corrected chi connectivity index (χ2v) is 7.11. The largest absolute Gasteiger partial charge is 0.330 e. The quantitative estimate of drug-likeness (QED) is 0.166. The Morgan fingerprint density at radius 3 is 1.34 bits per heavy atom. The predicted molar refractivity (Wildman–Crippen MR) is 156 cm³/mol. The van der Waals surface area contributed by atoms with E-state index < -0.39 is 0 Å². The van der Waals surface area contributed by atoms with Crippen molar-refractivity contribution in [1.29, 1.82) is 0 Å². The van der Waals surface area contributed by atoms with Crippen molar-refractivity contribution < 1.29 is 0 Å². The van der Waals surface area contributed by atoms with Crippen molar-refractivity contribution in [1.82, 2.24) is 10.6 Å². The van der Waals surface area contributed by atoms with Crippen molar-refractivity contribution in [2.75, 3.05) is 39.3 Å². The molecule has 0 saturated heterocycles. The van der Waals surface area contributed by atoms with E-state index >= 15 is 0 Å². The molecule has 10 N–H and O–H groups in total. The molecule has 0 aliphatic rings. The second kappa shape index (κ2) is 31.7. The van der Waals surface area contributed by atoms with E-state index in [0.29, 0.717) is 0 Å². The molecular weight excluding hydrogens is 537 g/mol. The van der Waals surface area contributed by atoms with Gasteiger partial charge in [-0.05, 0) is 88.9 Å². The summed E-state index contributed by atoms with van der Waals surface area (Å²) < 4.78 is 0. The molecule has 0 spiro atoms. The summed E-state index contributed by atoms with van der Waals surface area (Å²) in [6.45, 7) is 5.30. The molecule has 0 aliphatic heterocycles. The highest BCUT2D eigenvalue weighted by atomic mass is 35.5. The third-order valence-corrected chi connectivity index (χ3v) is 4.49. The van der Waals surface area contributed by atoms with Gasteiger partial charge >= 0.3 is 0 Å². The van der Waals surface area contributed by atoms with E-state index in [4.69, 9.17) is 22.9 Å². The molecule has 1 rings (SSSR count). The molecule has 0 aliphatic carbocycles. The first-order valence-corrected chi connectivity index (χ1v) is 10.1. The monoisotopic (exact) mass is 580 g/mol. The van der Waals surface area contributed by atoms with Crippen LogP contribution in [-0.4, -0.2) is 51.4 Å². The van der Waals surface area contributed by atoms with Crippen molar-refractivity contribution in [3.05, 3.63) is 35.4 Å². The molecule has 0 fully saturated rings. The van der Waals surface area contributed by atoms with Crippen LogP contribution in [0, 0.1) is 0 Å². The Bertz CT molecular complexity index is 439. The first-order valence-electron chi connectivity index (χ1n) is 10.1. The number of nitrogens with two attached hydrogens (primary N) is 4.